The van der Waals surface area contributed by atoms with Crippen molar-refractivity contribution < 1.29 is 4.52 Å². The number of benzene rings is 1. The van der Waals surface area contributed by atoms with E-state index in [1.807, 2.05) is 19.1 Å². The molecule has 0 aliphatic heterocycles. The highest BCUT2D eigenvalue weighted by Gasteiger charge is 2.12. The number of anilines is 1. The maximum atomic E-state index is 5.69. The number of aromatic nitrogens is 1. The molecule has 1 heterocycles. The zero-order chi connectivity index (χ0) is 10.8. The second-order valence-corrected chi connectivity index (χ2v) is 3.59. The van der Waals surface area contributed by atoms with E-state index in [1.54, 1.807) is 0 Å². The molecule has 0 aliphatic carbocycles. The van der Waals surface area contributed by atoms with Gasteiger partial charge in [0.25, 0.3) is 0 Å². The van der Waals surface area contributed by atoms with E-state index < -0.39 is 0 Å². The first-order valence-electron chi connectivity index (χ1n) is 5.03. The summed E-state index contributed by atoms with van der Waals surface area (Å²) in [7, 11) is 0. The Morgan fingerprint density at radius 2 is 1.93 bits per heavy atom. The molecule has 2 rings (SSSR count). The maximum absolute atomic E-state index is 5.69. The second-order valence-electron chi connectivity index (χ2n) is 3.59. The van der Waals surface area contributed by atoms with Crippen molar-refractivity contribution in [2.75, 3.05) is 5.73 Å². The second kappa shape index (κ2) is 3.77. The topological polar surface area (TPSA) is 52.0 Å². The van der Waals surface area contributed by atoms with Crippen LogP contribution in [-0.4, -0.2) is 5.16 Å². The van der Waals surface area contributed by atoms with Gasteiger partial charge in [0.05, 0.1) is 0 Å². The van der Waals surface area contributed by atoms with Crippen LogP contribution in [0.3, 0.4) is 0 Å². The molecule has 0 radical (unpaired) electrons. The lowest BCUT2D eigenvalue weighted by Crippen LogP contribution is -1.89. The number of aryl methyl sites for hydroxylation is 1. The molecule has 0 aliphatic rings. The van der Waals surface area contributed by atoms with Crippen LogP contribution < -0.4 is 5.73 Å². The van der Waals surface area contributed by atoms with E-state index in [9.17, 15) is 0 Å². The Morgan fingerprint density at radius 1 is 1.27 bits per heavy atom. The predicted molar refractivity (Wildman–Crippen MR) is 60.5 cm³/mol. The van der Waals surface area contributed by atoms with Crippen molar-refractivity contribution >= 4 is 5.88 Å². The van der Waals surface area contributed by atoms with Crippen molar-refractivity contribution in [1.29, 1.82) is 0 Å². The third-order valence-electron chi connectivity index (χ3n) is 2.50. The highest BCUT2D eigenvalue weighted by Crippen LogP contribution is 2.27. The first kappa shape index (κ1) is 9.77. The summed E-state index contributed by atoms with van der Waals surface area (Å²) in [5.41, 5.74) is 9.81. The number of nitrogens with zero attached hydrogens (tertiary/aromatic N) is 1. The first-order chi connectivity index (χ1) is 7.22. The lowest BCUT2D eigenvalue weighted by Gasteiger charge is -1.99. The fourth-order valence-electron chi connectivity index (χ4n) is 1.60. The van der Waals surface area contributed by atoms with E-state index in [0.29, 0.717) is 5.88 Å². The summed E-state index contributed by atoms with van der Waals surface area (Å²) in [6.45, 7) is 4.10. The summed E-state index contributed by atoms with van der Waals surface area (Å²) >= 11 is 0. The van der Waals surface area contributed by atoms with E-state index in [2.05, 4.69) is 24.2 Å². The van der Waals surface area contributed by atoms with Crippen LogP contribution in [0, 0.1) is 6.92 Å². The summed E-state index contributed by atoms with van der Waals surface area (Å²) in [4.78, 5) is 0. The molecule has 0 bridgehead atoms. The summed E-state index contributed by atoms with van der Waals surface area (Å²) < 4.78 is 5.00. The summed E-state index contributed by atoms with van der Waals surface area (Å²) in [5, 5.41) is 3.99. The van der Waals surface area contributed by atoms with Crippen LogP contribution in [0.2, 0.25) is 0 Å². The van der Waals surface area contributed by atoms with Crippen LogP contribution in [0.25, 0.3) is 11.3 Å². The van der Waals surface area contributed by atoms with Gasteiger partial charge in [-0.05, 0) is 13.3 Å². The molecule has 3 nitrogen and oxygen atoms in total. The van der Waals surface area contributed by atoms with Crippen molar-refractivity contribution in [3.8, 4) is 11.3 Å². The fraction of sp³-hybridized carbons (Fsp3) is 0.250. The molecule has 0 fully saturated rings. The number of hydrogen-bond acceptors (Lipinski definition) is 3. The number of nitrogen functional groups attached to an aromatic ring is 1. The van der Waals surface area contributed by atoms with Gasteiger partial charge >= 0.3 is 0 Å². The van der Waals surface area contributed by atoms with Gasteiger partial charge in [-0.1, -0.05) is 41.9 Å². The summed E-state index contributed by atoms with van der Waals surface area (Å²) in [6.07, 6.45) is 0.832. The molecule has 0 unspecified atom stereocenters. The number of nitrogens with two attached hydrogens (primary N) is 1. The standard InChI is InChI=1S/C12H14N2O/c1-3-10-11(14-15-12(10)13)9-6-4-8(2)5-7-9/h4-7H,3,13H2,1-2H3. The van der Waals surface area contributed by atoms with Gasteiger partial charge in [0.2, 0.25) is 5.88 Å². The van der Waals surface area contributed by atoms with Crippen LogP contribution in [-0.2, 0) is 6.42 Å². The van der Waals surface area contributed by atoms with Gasteiger partial charge in [0.15, 0.2) is 0 Å². The average molecular weight is 202 g/mol. The highest BCUT2D eigenvalue weighted by molar-refractivity contribution is 5.67. The van der Waals surface area contributed by atoms with Gasteiger partial charge in [-0.2, -0.15) is 0 Å². The predicted octanol–water partition coefficient (Wildman–Crippen LogP) is 2.79. The van der Waals surface area contributed by atoms with Gasteiger partial charge in [-0.25, -0.2) is 0 Å². The maximum Gasteiger partial charge on any atom is 0.225 e. The SMILES string of the molecule is CCc1c(-c2ccc(C)cc2)noc1N. The molecule has 2 N–H and O–H groups in total. The molecule has 2 aromatic rings. The quantitative estimate of drug-likeness (QED) is 0.814. The molecular weight excluding hydrogens is 188 g/mol. The zero-order valence-corrected chi connectivity index (χ0v) is 8.95. The number of hydrogen-bond donors (Lipinski definition) is 1. The fourth-order valence-corrected chi connectivity index (χ4v) is 1.60. The molecule has 3 heteroatoms. The van der Waals surface area contributed by atoms with Crippen LogP contribution in [0.1, 0.15) is 18.1 Å². The Balaban J connectivity index is 2.49. The van der Waals surface area contributed by atoms with Gasteiger partial charge in [0, 0.05) is 11.1 Å². The summed E-state index contributed by atoms with van der Waals surface area (Å²) in [6, 6.07) is 8.18. The van der Waals surface area contributed by atoms with Gasteiger partial charge in [-0.15, -0.1) is 0 Å². The highest BCUT2D eigenvalue weighted by atomic mass is 16.5. The van der Waals surface area contributed by atoms with Crippen LogP contribution >= 0.6 is 0 Å². The Labute approximate surface area is 88.9 Å². The Hall–Kier alpha value is -1.77. The van der Waals surface area contributed by atoms with Crippen LogP contribution in [0.4, 0.5) is 5.88 Å². The molecule has 15 heavy (non-hydrogen) atoms. The largest absolute Gasteiger partial charge is 0.367 e. The first-order valence-corrected chi connectivity index (χ1v) is 5.03. The molecule has 0 atom stereocenters. The van der Waals surface area contributed by atoms with E-state index in [0.717, 1.165) is 23.2 Å². The third kappa shape index (κ3) is 1.73. The number of rotatable bonds is 2. The molecule has 1 aromatic heterocycles. The Morgan fingerprint density at radius 3 is 2.53 bits per heavy atom. The average Bonchev–Trinajstić information content (AvgIpc) is 2.61. The van der Waals surface area contributed by atoms with E-state index in [-0.39, 0.29) is 0 Å². The van der Waals surface area contributed by atoms with Gasteiger partial charge < -0.3 is 10.3 Å². The van der Waals surface area contributed by atoms with Crippen molar-refractivity contribution in [3.05, 3.63) is 35.4 Å². The Bertz CT molecular complexity index is 457. The molecule has 0 spiro atoms. The molecule has 0 amide bonds. The minimum atomic E-state index is 0.424. The normalized spacial score (nSPS) is 10.5. The zero-order valence-electron chi connectivity index (χ0n) is 8.95. The third-order valence-corrected chi connectivity index (χ3v) is 2.50. The Kier molecular flexibility index (Phi) is 2.46. The van der Waals surface area contributed by atoms with Crippen molar-refractivity contribution in [2.45, 2.75) is 20.3 Å². The lowest BCUT2D eigenvalue weighted by atomic mass is 10.0. The van der Waals surface area contributed by atoms with E-state index >= 15 is 0 Å². The van der Waals surface area contributed by atoms with Crippen LogP contribution in [0.5, 0.6) is 0 Å². The van der Waals surface area contributed by atoms with Crippen LogP contribution in [0.15, 0.2) is 28.8 Å². The van der Waals surface area contributed by atoms with Gasteiger partial charge in [0.1, 0.15) is 5.69 Å². The van der Waals surface area contributed by atoms with Crippen molar-refractivity contribution in [1.82, 2.24) is 5.16 Å². The van der Waals surface area contributed by atoms with Gasteiger partial charge in [-0.3, -0.25) is 0 Å². The molecule has 0 saturated carbocycles. The molecular formula is C12H14N2O. The molecule has 0 saturated heterocycles. The van der Waals surface area contributed by atoms with Crippen molar-refractivity contribution in [3.63, 3.8) is 0 Å². The van der Waals surface area contributed by atoms with E-state index in [4.69, 9.17) is 10.3 Å². The molecule has 78 valence electrons. The lowest BCUT2D eigenvalue weighted by molar-refractivity contribution is 0.438. The summed E-state index contributed by atoms with van der Waals surface area (Å²) in [5.74, 6) is 0.424. The molecule has 1 aromatic carbocycles. The minimum Gasteiger partial charge on any atom is -0.367 e. The minimum absolute atomic E-state index is 0.424. The van der Waals surface area contributed by atoms with E-state index in [1.165, 1.54) is 5.56 Å². The smallest absolute Gasteiger partial charge is 0.225 e. The monoisotopic (exact) mass is 202 g/mol. The van der Waals surface area contributed by atoms with Crippen molar-refractivity contribution in [2.24, 2.45) is 0 Å².